The number of fused-ring (bicyclic) bond motifs is 2. The van der Waals surface area contributed by atoms with Crippen molar-refractivity contribution in [3.63, 3.8) is 0 Å². The van der Waals surface area contributed by atoms with Gasteiger partial charge < -0.3 is 10.4 Å². The van der Waals surface area contributed by atoms with Crippen molar-refractivity contribution in [2.45, 2.75) is 18.4 Å². The van der Waals surface area contributed by atoms with Gasteiger partial charge in [0.15, 0.2) is 11.6 Å². The minimum absolute atomic E-state index is 0.0402. The molecule has 0 unspecified atom stereocenters. The van der Waals surface area contributed by atoms with Crippen LogP contribution in [0.5, 0.6) is 0 Å². The molecule has 212 valence electrons. The second-order valence-corrected chi connectivity index (χ2v) is 10.8. The van der Waals surface area contributed by atoms with Crippen molar-refractivity contribution in [2.24, 2.45) is 0 Å². The number of benzene rings is 3. The number of aliphatic hydroxyl groups excluding tert-OH is 1. The average molecular weight is 592 g/mol. The molecule has 0 saturated carbocycles. The third kappa shape index (κ3) is 4.65. The first-order valence-corrected chi connectivity index (χ1v) is 13.9. The first kappa shape index (κ1) is 27.1. The standard InChI is InChI=1S/C28H20F3N7O3S/c1-15-22(10-6-16(12-39)24(15)30)42(40,41)37-19-8-7-17(29)26(25(19)31)36-28-27-20(32-13-33-28)9-11-23(35-27)38-14-34-18-4-2-3-5-21(18)38/h2-11,13-14,37,39H,12H2,1H3,(H,32,33,36). The highest BCUT2D eigenvalue weighted by Crippen LogP contribution is 2.32. The topological polar surface area (TPSA) is 135 Å². The summed E-state index contributed by atoms with van der Waals surface area (Å²) in [5.74, 6) is -2.80. The molecule has 0 aliphatic carbocycles. The minimum atomic E-state index is -4.51. The number of hydrogen-bond donors (Lipinski definition) is 3. The molecule has 0 radical (unpaired) electrons. The van der Waals surface area contributed by atoms with Crippen LogP contribution in [0, 0.1) is 24.4 Å². The quantitative estimate of drug-likeness (QED) is 0.233. The Bertz CT molecular complexity index is 2120. The van der Waals surface area contributed by atoms with Crippen LogP contribution in [0.2, 0.25) is 0 Å². The van der Waals surface area contributed by atoms with Gasteiger partial charge in [-0.3, -0.25) is 9.29 Å². The molecular formula is C28H20F3N7O3S. The zero-order valence-corrected chi connectivity index (χ0v) is 22.5. The van der Waals surface area contributed by atoms with Gasteiger partial charge in [-0.2, -0.15) is 0 Å². The number of anilines is 3. The number of sulfonamides is 1. The predicted octanol–water partition coefficient (Wildman–Crippen LogP) is 5.13. The van der Waals surface area contributed by atoms with Crippen LogP contribution >= 0.6 is 0 Å². The fourth-order valence-corrected chi connectivity index (χ4v) is 5.80. The molecule has 3 aromatic heterocycles. The van der Waals surface area contributed by atoms with Crippen LogP contribution in [0.1, 0.15) is 11.1 Å². The van der Waals surface area contributed by atoms with E-state index < -0.39 is 50.4 Å². The SMILES string of the molecule is Cc1c(S(=O)(=O)Nc2ccc(F)c(Nc3ncnc4ccc(-n5cnc6ccccc65)nc34)c2F)ccc(CO)c1F. The Balaban J connectivity index is 1.38. The van der Waals surface area contributed by atoms with Crippen molar-refractivity contribution in [2.75, 3.05) is 10.0 Å². The number of hydrogen-bond acceptors (Lipinski definition) is 8. The number of nitrogens with one attached hydrogen (secondary N) is 2. The van der Waals surface area contributed by atoms with E-state index in [9.17, 15) is 22.3 Å². The first-order chi connectivity index (χ1) is 20.2. The van der Waals surface area contributed by atoms with E-state index >= 15 is 4.39 Å². The van der Waals surface area contributed by atoms with Crippen LogP contribution in [0.3, 0.4) is 0 Å². The van der Waals surface area contributed by atoms with Crippen molar-refractivity contribution in [3.05, 3.63) is 102 Å². The molecule has 3 aromatic carbocycles. The summed E-state index contributed by atoms with van der Waals surface area (Å²) in [5.41, 5.74) is 0.434. The van der Waals surface area contributed by atoms with E-state index in [1.807, 2.05) is 29.0 Å². The van der Waals surface area contributed by atoms with Gasteiger partial charge in [0.2, 0.25) is 0 Å². The smallest absolute Gasteiger partial charge is 0.262 e. The number of nitrogens with zero attached hydrogens (tertiary/aromatic N) is 5. The van der Waals surface area contributed by atoms with Crippen LogP contribution in [0.25, 0.3) is 27.9 Å². The number of aliphatic hydroxyl groups is 1. The van der Waals surface area contributed by atoms with Crippen LogP contribution in [0.4, 0.5) is 30.4 Å². The molecule has 10 nitrogen and oxygen atoms in total. The Morgan fingerprint density at radius 2 is 1.71 bits per heavy atom. The van der Waals surface area contributed by atoms with E-state index in [1.54, 1.807) is 23.0 Å². The molecule has 14 heteroatoms. The molecule has 0 aliphatic rings. The number of aromatic nitrogens is 5. The second kappa shape index (κ2) is 10.4. The summed E-state index contributed by atoms with van der Waals surface area (Å²) in [6, 6.07) is 14.8. The Labute approximate surface area is 236 Å². The van der Waals surface area contributed by atoms with Crippen molar-refractivity contribution >= 4 is 49.3 Å². The van der Waals surface area contributed by atoms with Gasteiger partial charge in [-0.05, 0) is 49.4 Å². The fraction of sp³-hybridized carbons (Fsp3) is 0.0714. The molecule has 0 atom stereocenters. The lowest BCUT2D eigenvalue weighted by atomic mass is 10.1. The van der Waals surface area contributed by atoms with Crippen molar-refractivity contribution in [1.82, 2.24) is 24.5 Å². The van der Waals surface area contributed by atoms with Crippen molar-refractivity contribution in [3.8, 4) is 5.82 Å². The maximum atomic E-state index is 15.6. The van der Waals surface area contributed by atoms with Crippen molar-refractivity contribution in [1.29, 1.82) is 0 Å². The van der Waals surface area contributed by atoms with Gasteiger partial charge >= 0.3 is 0 Å². The molecule has 0 aliphatic heterocycles. The summed E-state index contributed by atoms with van der Waals surface area (Å²) in [7, 11) is -4.51. The van der Waals surface area contributed by atoms with E-state index in [0.29, 0.717) is 11.3 Å². The highest BCUT2D eigenvalue weighted by molar-refractivity contribution is 7.92. The minimum Gasteiger partial charge on any atom is -0.392 e. The molecule has 42 heavy (non-hydrogen) atoms. The van der Waals surface area contributed by atoms with Gasteiger partial charge in [-0.25, -0.2) is 41.5 Å². The lowest BCUT2D eigenvalue weighted by Gasteiger charge is -2.15. The number of imidazole rings is 1. The highest BCUT2D eigenvalue weighted by atomic mass is 32.2. The zero-order valence-electron chi connectivity index (χ0n) is 21.7. The number of pyridine rings is 1. The molecular weight excluding hydrogens is 571 g/mol. The third-order valence-electron chi connectivity index (χ3n) is 6.62. The third-order valence-corrected chi connectivity index (χ3v) is 8.13. The number of halogens is 3. The van der Waals surface area contributed by atoms with Gasteiger partial charge in [0.05, 0.1) is 33.7 Å². The molecule has 3 N–H and O–H groups in total. The summed E-state index contributed by atoms with van der Waals surface area (Å²) >= 11 is 0. The summed E-state index contributed by atoms with van der Waals surface area (Å²) in [4.78, 5) is 16.8. The molecule has 0 bridgehead atoms. The van der Waals surface area contributed by atoms with Crippen LogP contribution in [-0.4, -0.2) is 38.0 Å². The van der Waals surface area contributed by atoms with E-state index in [4.69, 9.17) is 0 Å². The van der Waals surface area contributed by atoms with Gasteiger partial charge in [0, 0.05) is 11.1 Å². The summed E-state index contributed by atoms with van der Waals surface area (Å²) in [6.07, 6.45) is 2.78. The predicted molar refractivity (Wildman–Crippen MR) is 149 cm³/mol. The van der Waals surface area contributed by atoms with E-state index in [1.165, 1.54) is 13.3 Å². The molecule has 6 rings (SSSR count). The maximum absolute atomic E-state index is 15.6. The Morgan fingerprint density at radius 1 is 0.905 bits per heavy atom. The fourth-order valence-electron chi connectivity index (χ4n) is 4.50. The molecule has 0 fully saturated rings. The lowest BCUT2D eigenvalue weighted by Crippen LogP contribution is -2.17. The summed E-state index contributed by atoms with van der Waals surface area (Å²) in [5, 5.41) is 11.8. The number of rotatable bonds is 7. The molecule has 0 amide bonds. The largest absolute Gasteiger partial charge is 0.392 e. The Hall–Kier alpha value is -5.08. The van der Waals surface area contributed by atoms with Gasteiger partial charge in [-0.15, -0.1) is 0 Å². The van der Waals surface area contributed by atoms with E-state index in [0.717, 1.165) is 35.3 Å². The number of para-hydroxylation sites is 2. The van der Waals surface area contributed by atoms with Crippen molar-refractivity contribution < 1.29 is 26.7 Å². The first-order valence-electron chi connectivity index (χ1n) is 12.4. The lowest BCUT2D eigenvalue weighted by molar-refractivity contribution is 0.275. The second-order valence-electron chi connectivity index (χ2n) is 9.20. The monoisotopic (exact) mass is 591 g/mol. The van der Waals surface area contributed by atoms with Gasteiger partial charge in [-0.1, -0.05) is 18.2 Å². The molecule has 3 heterocycles. The van der Waals surface area contributed by atoms with E-state index in [-0.39, 0.29) is 22.5 Å². The van der Waals surface area contributed by atoms with Crippen LogP contribution < -0.4 is 10.0 Å². The maximum Gasteiger partial charge on any atom is 0.262 e. The Kier molecular flexibility index (Phi) is 6.71. The molecule has 0 saturated heterocycles. The van der Waals surface area contributed by atoms with Gasteiger partial charge in [0.1, 0.15) is 41.3 Å². The average Bonchev–Trinajstić information content (AvgIpc) is 3.42. The van der Waals surface area contributed by atoms with E-state index in [2.05, 4.69) is 25.3 Å². The van der Waals surface area contributed by atoms with Crippen LogP contribution in [0.15, 0.2) is 78.2 Å². The normalized spacial score (nSPS) is 11.7. The van der Waals surface area contributed by atoms with Gasteiger partial charge in [0.25, 0.3) is 10.0 Å². The highest BCUT2D eigenvalue weighted by Gasteiger charge is 2.24. The van der Waals surface area contributed by atoms with Crippen LogP contribution in [-0.2, 0) is 16.6 Å². The summed E-state index contributed by atoms with van der Waals surface area (Å²) < 4.78 is 74.9. The Morgan fingerprint density at radius 3 is 2.52 bits per heavy atom. The molecule has 0 spiro atoms. The molecule has 6 aromatic rings. The summed E-state index contributed by atoms with van der Waals surface area (Å²) in [6.45, 7) is 0.584. The zero-order chi connectivity index (χ0) is 29.6.